The predicted molar refractivity (Wildman–Crippen MR) is 106 cm³/mol. The average Bonchev–Trinajstić information content (AvgIpc) is 3.10. The van der Waals surface area contributed by atoms with Gasteiger partial charge in [0.2, 0.25) is 15.9 Å². The van der Waals surface area contributed by atoms with Crippen LogP contribution in [0.5, 0.6) is 0 Å². The van der Waals surface area contributed by atoms with Gasteiger partial charge in [0.15, 0.2) is 5.76 Å². The van der Waals surface area contributed by atoms with Gasteiger partial charge in [0.25, 0.3) is 0 Å². The number of aromatic nitrogens is 1. The van der Waals surface area contributed by atoms with Crippen molar-refractivity contribution in [3.8, 4) is 6.07 Å². The van der Waals surface area contributed by atoms with Crippen LogP contribution >= 0.6 is 0 Å². The highest BCUT2D eigenvalue weighted by molar-refractivity contribution is 7.89. The van der Waals surface area contributed by atoms with Crippen molar-refractivity contribution in [1.29, 1.82) is 5.26 Å². The Kier molecular flexibility index (Phi) is 6.21. The Labute approximate surface area is 182 Å². The molecule has 9 nitrogen and oxygen atoms in total. The molecule has 32 heavy (non-hydrogen) atoms. The van der Waals surface area contributed by atoms with Gasteiger partial charge < -0.3 is 14.7 Å². The number of likely N-dealkylation sites (N-methyl/N-ethyl adjacent to an activating group) is 1. The molecule has 1 aliphatic heterocycles. The van der Waals surface area contributed by atoms with Crippen molar-refractivity contribution < 1.29 is 30.9 Å². The van der Waals surface area contributed by atoms with Crippen LogP contribution in [0.15, 0.2) is 27.6 Å². The van der Waals surface area contributed by atoms with Crippen molar-refractivity contribution in [2.45, 2.75) is 31.0 Å². The minimum atomic E-state index is -4.77. The van der Waals surface area contributed by atoms with Crippen LogP contribution in [0, 0.1) is 25.2 Å². The highest BCUT2D eigenvalue weighted by Gasteiger charge is 2.41. The van der Waals surface area contributed by atoms with Crippen molar-refractivity contribution in [1.82, 2.24) is 14.8 Å². The SMILES string of the molecule is CNC(=O)C1CN(S(=O)(=O)c2c(C)noc2C)CCN1c1ccc(C#N)c(C(F)(F)F)c1. The number of hydrogen-bond acceptors (Lipinski definition) is 7. The molecule has 0 radical (unpaired) electrons. The molecule has 1 atom stereocenters. The zero-order chi connectivity index (χ0) is 23.8. The van der Waals surface area contributed by atoms with Gasteiger partial charge in [0.1, 0.15) is 16.6 Å². The molecule has 2 heterocycles. The fourth-order valence-electron chi connectivity index (χ4n) is 3.69. The second-order valence-corrected chi connectivity index (χ2v) is 9.05. The van der Waals surface area contributed by atoms with E-state index in [4.69, 9.17) is 9.78 Å². The highest BCUT2D eigenvalue weighted by Crippen LogP contribution is 2.36. The molecule has 1 amide bonds. The van der Waals surface area contributed by atoms with E-state index in [2.05, 4.69) is 10.5 Å². The second-order valence-electron chi connectivity index (χ2n) is 7.18. The number of nitrogens with zero attached hydrogens (tertiary/aromatic N) is 4. The molecule has 1 N–H and O–H groups in total. The first-order valence-electron chi connectivity index (χ1n) is 9.44. The lowest BCUT2D eigenvalue weighted by atomic mass is 10.0. The molecule has 0 bridgehead atoms. The Morgan fingerprint density at radius 1 is 1.31 bits per heavy atom. The summed E-state index contributed by atoms with van der Waals surface area (Å²) in [4.78, 5) is 13.9. The minimum Gasteiger partial charge on any atom is -0.360 e. The van der Waals surface area contributed by atoms with Gasteiger partial charge in [-0.25, -0.2) is 8.42 Å². The van der Waals surface area contributed by atoms with Crippen LogP contribution in [0.2, 0.25) is 0 Å². The van der Waals surface area contributed by atoms with Gasteiger partial charge >= 0.3 is 6.18 Å². The van der Waals surface area contributed by atoms with E-state index in [9.17, 15) is 26.4 Å². The topological polar surface area (TPSA) is 120 Å². The fourth-order valence-corrected chi connectivity index (χ4v) is 5.42. The zero-order valence-corrected chi connectivity index (χ0v) is 18.2. The van der Waals surface area contributed by atoms with E-state index in [0.29, 0.717) is 0 Å². The molecule has 1 aromatic carbocycles. The number of halogens is 3. The molecule has 1 aliphatic rings. The standard InChI is InChI=1S/C19H20F3N5O4S/c1-11-17(12(2)31-25-11)32(29,30)26-6-7-27(16(10-26)18(28)24-3)14-5-4-13(9-23)15(8-14)19(20,21)22/h4-5,8,16H,6-7,10H2,1-3H3,(H,24,28). The number of hydrogen-bond donors (Lipinski definition) is 1. The van der Waals surface area contributed by atoms with Crippen LogP contribution in [-0.4, -0.2) is 56.5 Å². The maximum Gasteiger partial charge on any atom is 0.417 e. The van der Waals surface area contributed by atoms with E-state index in [-0.39, 0.29) is 41.7 Å². The van der Waals surface area contributed by atoms with Gasteiger partial charge in [0, 0.05) is 32.4 Å². The number of sulfonamides is 1. The van der Waals surface area contributed by atoms with Crippen molar-refractivity contribution in [2.75, 3.05) is 31.6 Å². The van der Waals surface area contributed by atoms with Gasteiger partial charge in [0.05, 0.1) is 17.2 Å². The van der Waals surface area contributed by atoms with Crippen LogP contribution in [0.1, 0.15) is 22.6 Å². The Morgan fingerprint density at radius 3 is 2.53 bits per heavy atom. The Hall–Kier alpha value is -3.11. The number of anilines is 1. The van der Waals surface area contributed by atoms with E-state index in [1.807, 2.05) is 0 Å². The van der Waals surface area contributed by atoms with E-state index < -0.39 is 39.3 Å². The molecule has 3 rings (SSSR count). The lowest BCUT2D eigenvalue weighted by Gasteiger charge is -2.41. The number of benzene rings is 1. The number of nitrogens with one attached hydrogen (secondary N) is 1. The molecule has 172 valence electrons. The maximum absolute atomic E-state index is 13.4. The summed E-state index contributed by atoms with van der Waals surface area (Å²) >= 11 is 0. The molecule has 13 heteroatoms. The molecule has 2 aromatic rings. The number of carbonyl (C=O) groups excluding carboxylic acids is 1. The first-order valence-corrected chi connectivity index (χ1v) is 10.9. The number of alkyl halides is 3. The van der Waals surface area contributed by atoms with E-state index >= 15 is 0 Å². The smallest absolute Gasteiger partial charge is 0.360 e. The van der Waals surface area contributed by atoms with E-state index in [1.165, 1.54) is 37.9 Å². The third-order valence-electron chi connectivity index (χ3n) is 5.22. The molecule has 1 fully saturated rings. The van der Waals surface area contributed by atoms with Crippen molar-refractivity contribution in [3.05, 3.63) is 40.8 Å². The summed E-state index contributed by atoms with van der Waals surface area (Å²) in [5.74, 6) is -0.468. The number of nitriles is 1. The third-order valence-corrected chi connectivity index (χ3v) is 7.33. The van der Waals surface area contributed by atoms with Crippen LogP contribution in [0.25, 0.3) is 0 Å². The lowest BCUT2D eigenvalue weighted by Crippen LogP contribution is -2.60. The number of carbonyl (C=O) groups is 1. The zero-order valence-electron chi connectivity index (χ0n) is 17.4. The van der Waals surface area contributed by atoms with Crippen LogP contribution in [0.4, 0.5) is 18.9 Å². The molecule has 1 unspecified atom stereocenters. The molecule has 0 aliphatic carbocycles. The average molecular weight is 471 g/mol. The fraction of sp³-hybridized carbons (Fsp3) is 0.421. The lowest BCUT2D eigenvalue weighted by molar-refractivity contribution is -0.137. The number of rotatable bonds is 4. The van der Waals surface area contributed by atoms with Crippen LogP contribution in [0.3, 0.4) is 0 Å². The van der Waals surface area contributed by atoms with Gasteiger partial charge in [-0.05, 0) is 32.0 Å². The van der Waals surface area contributed by atoms with Gasteiger partial charge in [-0.3, -0.25) is 4.79 Å². The number of aryl methyl sites for hydroxylation is 2. The normalized spacial score (nSPS) is 17.8. The van der Waals surface area contributed by atoms with Gasteiger partial charge in [-0.2, -0.15) is 22.7 Å². The first kappa shape index (κ1) is 23.6. The predicted octanol–water partition coefficient (Wildman–Crippen LogP) is 1.81. The Bertz CT molecular complexity index is 1170. The summed E-state index contributed by atoms with van der Waals surface area (Å²) in [6.45, 7) is 2.50. The first-order chi connectivity index (χ1) is 14.9. The number of piperazine rings is 1. The van der Waals surface area contributed by atoms with E-state index in [1.54, 1.807) is 0 Å². The summed E-state index contributed by atoms with van der Waals surface area (Å²) in [7, 11) is -2.71. The summed E-state index contributed by atoms with van der Waals surface area (Å²) in [6, 6.07) is 3.55. The van der Waals surface area contributed by atoms with Crippen molar-refractivity contribution >= 4 is 21.6 Å². The van der Waals surface area contributed by atoms with Gasteiger partial charge in [-0.15, -0.1) is 0 Å². The maximum atomic E-state index is 13.4. The quantitative estimate of drug-likeness (QED) is 0.722. The van der Waals surface area contributed by atoms with Gasteiger partial charge in [-0.1, -0.05) is 5.16 Å². The number of amides is 1. The van der Waals surface area contributed by atoms with Crippen LogP contribution < -0.4 is 10.2 Å². The van der Waals surface area contributed by atoms with Crippen molar-refractivity contribution in [3.63, 3.8) is 0 Å². The summed E-state index contributed by atoms with van der Waals surface area (Å²) in [5, 5.41) is 15.1. The third kappa shape index (κ3) is 4.15. The Morgan fingerprint density at radius 2 is 2.00 bits per heavy atom. The largest absolute Gasteiger partial charge is 0.417 e. The molecule has 1 saturated heterocycles. The van der Waals surface area contributed by atoms with Crippen LogP contribution in [-0.2, 0) is 21.0 Å². The molecule has 0 spiro atoms. The second kappa shape index (κ2) is 8.44. The molecule has 1 aromatic heterocycles. The van der Waals surface area contributed by atoms with E-state index in [0.717, 1.165) is 16.4 Å². The molecular formula is C19H20F3N5O4S. The van der Waals surface area contributed by atoms with Crippen molar-refractivity contribution in [2.24, 2.45) is 0 Å². The Balaban J connectivity index is 2.00. The summed E-state index contributed by atoms with van der Waals surface area (Å²) < 4.78 is 72.5. The minimum absolute atomic E-state index is 0.0517. The summed E-state index contributed by atoms with van der Waals surface area (Å²) in [6.07, 6.45) is -4.77. The highest BCUT2D eigenvalue weighted by atomic mass is 32.2. The molecular weight excluding hydrogens is 451 g/mol. The summed E-state index contributed by atoms with van der Waals surface area (Å²) in [5.41, 5.74) is -1.45. The monoisotopic (exact) mass is 471 g/mol. The molecule has 0 saturated carbocycles.